The number of nitrogen functional groups attached to an aromatic ring is 1. The molecule has 1 saturated heterocycles. The minimum Gasteiger partial charge on any atom is -0.399 e. The third kappa shape index (κ3) is 2.52. The topological polar surface area (TPSA) is 53.0 Å². The Labute approximate surface area is 103 Å². The van der Waals surface area contributed by atoms with Gasteiger partial charge in [0.2, 0.25) is 0 Å². The molecular weight excluding hydrogens is 210 g/mol. The quantitative estimate of drug-likeness (QED) is 0.793. The first-order valence-corrected chi connectivity index (χ1v) is 6.29. The van der Waals surface area contributed by atoms with Crippen molar-refractivity contribution < 1.29 is 0 Å². The van der Waals surface area contributed by atoms with Crippen molar-refractivity contribution in [2.75, 3.05) is 23.7 Å². The second-order valence-electron chi connectivity index (χ2n) is 4.73. The van der Waals surface area contributed by atoms with Gasteiger partial charge in [0, 0.05) is 18.8 Å². The summed E-state index contributed by atoms with van der Waals surface area (Å²) in [6.45, 7) is 4.36. The van der Waals surface area contributed by atoms with E-state index in [1.165, 1.54) is 19.3 Å². The lowest BCUT2D eigenvalue weighted by atomic mass is 9.94. The molecule has 0 aliphatic carbocycles. The summed E-state index contributed by atoms with van der Waals surface area (Å²) in [5.74, 6) is 0.852. The van der Waals surface area contributed by atoms with Crippen LogP contribution in [-0.2, 0) is 0 Å². The van der Waals surface area contributed by atoms with Crippen molar-refractivity contribution in [1.29, 1.82) is 5.26 Å². The molecular formula is C14H19N3. The summed E-state index contributed by atoms with van der Waals surface area (Å²) in [5, 5.41) is 9.14. The first-order valence-electron chi connectivity index (χ1n) is 6.29. The number of nitrogens with zero attached hydrogens (tertiary/aromatic N) is 2. The van der Waals surface area contributed by atoms with Crippen molar-refractivity contribution in [3.8, 4) is 6.07 Å². The molecule has 1 aliphatic heterocycles. The second-order valence-corrected chi connectivity index (χ2v) is 4.73. The fourth-order valence-corrected chi connectivity index (χ4v) is 2.50. The van der Waals surface area contributed by atoms with Crippen LogP contribution in [0, 0.1) is 17.2 Å². The molecule has 3 heteroatoms. The summed E-state index contributed by atoms with van der Waals surface area (Å²) in [5.41, 5.74) is 8.10. The lowest BCUT2D eigenvalue weighted by Gasteiger charge is -2.33. The highest BCUT2D eigenvalue weighted by Gasteiger charge is 2.19. The second kappa shape index (κ2) is 5.09. The van der Waals surface area contributed by atoms with Gasteiger partial charge in [0.25, 0.3) is 0 Å². The van der Waals surface area contributed by atoms with E-state index in [0.717, 1.165) is 24.7 Å². The molecule has 0 atom stereocenters. The van der Waals surface area contributed by atoms with Crippen LogP contribution in [0.4, 0.5) is 11.4 Å². The van der Waals surface area contributed by atoms with Crippen LogP contribution in [0.1, 0.15) is 31.7 Å². The van der Waals surface area contributed by atoms with E-state index in [2.05, 4.69) is 17.9 Å². The maximum atomic E-state index is 9.14. The Morgan fingerprint density at radius 3 is 2.71 bits per heavy atom. The molecule has 0 spiro atoms. The van der Waals surface area contributed by atoms with Crippen LogP contribution in [0.25, 0.3) is 0 Å². The monoisotopic (exact) mass is 229 g/mol. The predicted molar refractivity (Wildman–Crippen MR) is 70.8 cm³/mol. The Morgan fingerprint density at radius 1 is 1.41 bits per heavy atom. The van der Waals surface area contributed by atoms with Gasteiger partial charge in [0.15, 0.2) is 0 Å². The van der Waals surface area contributed by atoms with E-state index < -0.39 is 0 Å². The van der Waals surface area contributed by atoms with Gasteiger partial charge >= 0.3 is 0 Å². The molecule has 1 heterocycles. The highest BCUT2D eigenvalue weighted by atomic mass is 15.1. The summed E-state index contributed by atoms with van der Waals surface area (Å²) in [4.78, 5) is 2.31. The molecule has 1 aromatic rings. The normalized spacial score (nSPS) is 16.8. The third-order valence-corrected chi connectivity index (χ3v) is 3.67. The van der Waals surface area contributed by atoms with Gasteiger partial charge < -0.3 is 10.6 Å². The summed E-state index contributed by atoms with van der Waals surface area (Å²) < 4.78 is 0. The molecule has 1 aliphatic rings. The zero-order chi connectivity index (χ0) is 12.3. The summed E-state index contributed by atoms with van der Waals surface area (Å²) >= 11 is 0. The van der Waals surface area contributed by atoms with E-state index in [4.69, 9.17) is 11.0 Å². The number of nitrogens with two attached hydrogens (primary N) is 1. The smallest absolute Gasteiger partial charge is 0.101 e. The van der Waals surface area contributed by atoms with Gasteiger partial charge in [-0.2, -0.15) is 5.26 Å². The van der Waals surface area contributed by atoms with Crippen molar-refractivity contribution in [3.63, 3.8) is 0 Å². The van der Waals surface area contributed by atoms with Crippen LogP contribution in [0.3, 0.4) is 0 Å². The SMILES string of the molecule is CCC1CCN(c2ccc(N)cc2C#N)CC1. The van der Waals surface area contributed by atoms with Gasteiger partial charge in [0.1, 0.15) is 6.07 Å². The Morgan fingerprint density at radius 2 is 2.12 bits per heavy atom. The van der Waals surface area contributed by atoms with E-state index in [1.54, 1.807) is 6.07 Å². The maximum absolute atomic E-state index is 9.14. The molecule has 0 aromatic heterocycles. The van der Waals surface area contributed by atoms with Crippen LogP contribution in [-0.4, -0.2) is 13.1 Å². The summed E-state index contributed by atoms with van der Waals surface area (Å²) in [6, 6.07) is 7.85. The maximum Gasteiger partial charge on any atom is 0.101 e. The van der Waals surface area contributed by atoms with Crippen molar-refractivity contribution >= 4 is 11.4 Å². The minimum atomic E-state index is 0.661. The molecule has 90 valence electrons. The first-order chi connectivity index (χ1) is 8.24. The number of benzene rings is 1. The van der Waals surface area contributed by atoms with E-state index in [1.807, 2.05) is 12.1 Å². The first kappa shape index (κ1) is 11.8. The van der Waals surface area contributed by atoms with Crippen molar-refractivity contribution in [1.82, 2.24) is 0 Å². The minimum absolute atomic E-state index is 0.661. The number of nitriles is 1. The largest absolute Gasteiger partial charge is 0.399 e. The van der Waals surface area contributed by atoms with Gasteiger partial charge in [-0.05, 0) is 37.0 Å². The molecule has 0 radical (unpaired) electrons. The standard InChI is InChI=1S/C14H19N3/c1-2-11-5-7-17(8-6-11)14-4-3-13(16)9-12(14)10-15/h3-4,9,11H,2,5-8,16H2,1H3. The van der Waals surface area contributed by atoms with Crippen molar-refractivity contribution in [2.45, 2.75) is 26.2 Å². The van der Waals surface area contributed by atoms with E-state index in [9.17, 15) is 0 Å². The number of rotatable bonds is 2. The predicted octanol–water partition coefficient (Wildman–Crippen LogP) is 2.77. The van der Waals surface area contributed by atoms with E-state index >= 15 is 0 Å². The lowest BCUT2D eigenvalue weighted by Crippen LogP contribution is -2.33. The van der Waals surface area contributed by atoms with E-state index in [0.29, 0.717) is 11.3 Å². The van der Waals surface area contributed by atoms with Gasteiger partial charge in [-0.3, -0.25) is 0 Å². The van der Waals surface area contributed by atoms with Gasteiger partial charge in [-0.25, -0.2) is 0 Å². The molecule has 1 aromatic carbocycles. The van der Waals surface area contributed by atoms with Gasteiger partial charge in [-0.1, -0.05) is 13.3 Å². The fourth-order valence-electron chi connectivity index (χ4n) is 2.50. The zero-order valence-electron chi connectivity index (χ0n) is 10.3. The van der Waals surface area contributed by atoms with Gasteiger partial charge in [-0.15, -0.1) is 0 Å². The van der Waals surface area contributed by atoms with Crippen molar-refractivity contribution in [3.05, 3.63) is 23.8 Å². The molecule has 0 bridgehead atoms. The molecule has 0 amide bonds. The lowest BCUT2D eigenvalue weighted by molar-refractivity contribution is 0.395. The summed E-state index contributed by atoms with van der Waals surface area (Å²) in [7, 11) is 0. The molecule has 0 unspecified atom stereocenters. The molecule has 2 rings (SSSR count). The van der Waals surface area contributed by atoms with E-state index in [-0.39, 0.29) is 0 Å². The van der Waals surface area contributed by atoms with Crippen LogP contribution in [0.5, 0.6) is 0 Å². The molecule has 0 saturated carbocycles. The molecule has 17 heavy (non-hydrogen) atoms. The van der Waals surface area contributed by atoms with Crippen LogP contribution < -0.4 is 10.6 Å². The average molecular weight is 229 g/mol. The van der Waals surface area contributed by atoms with Crippen molar-refractivity contribution in [2.24, 2.45) is 5.92 Å². The number of hydrogen-bond donors (Lipinski definition) is 1. The number of hydrogen-bond acceptors (Lipinski definition) is 3. The highest BCUT2D eigenvalue weighted by molar-refractivity contribution is 5.64. The number of anilines is 2. The Hall–Kier alpha value is -1.69. The zero-order valence-corrected chi connectivity index (χ0v) is 10.3. The summed E-state index contributed by atoms with van der Waals surface area (Å²) in [6.07, 6.45) is 3.72. The van der Waals surface area contributed by atoms with Gasteiger partial charge in [0.05, 0.1) is 11.3 Å². The Balaban J connectivity index is 2.16. The highest BCUT2D eigenvalue weighted by Crippen LogP contribution is 2.28. The third-order valence-electron chi connectivity index (χ3n) is 3.67. The van der Waals surface area contributed by atoms with Crippen LogP contribution in [0.15, 0.2) is 18.2 Å². The molecule has 3 nitrogen and oxygen atoms in total. The number of piperidine rings is 1. The van der Waals surface area contributed by atoms with Crippen LogP contribution in [0.2, 0.25) is 0 Å². The van der Waals surface area contributed by atoms with Crippen LogP contribution >= 0.6 is 0 Å². The molecule has 1 fully saturated rings. The molecule has 2 N–H and O–H groups in total. The fraction of sp³-hybridized carbons (Fsp3) is 0.500. The Kier molecular flexibility index (Phi) is 3.53. The Bertz CT molecular complexity index is 426. The average Bonchev–Trinajstić information content (AvgIpc) is 2.39.